The Labute approximate surface area is 116 Å². The van der Waals surface area contributed by atoms with Crippen LogP contribution in [0.4, 0.5) is 18.9 Å². The number of rotatable bonds is 5. The zero-order chi connectivity index (χ0) is 15.5. The molecule has 0 radical (unpaired) electrons. The first-order valence-corrected chi connectivity index (χ1v) is 5.81. The molecule has 0 unspecified atom stereocenters. The van der Waals surface area contributed by atoms with Crippen molar-refractivity contribution in [3.05, 3.63) is 41.5 Å². The summed E-state index contributed by atoms with van der Waals surface area (Å²) in [4.78, 5) is 14.6. The van der Waals surface area contributed by atoms with Crippen molar-refractivity contribution in [1.82, 2.24) is 10.1 Å². The summed E-state index contributed by atoms with van der Waals surface area (Å²) in [5.41, 5.74) is -1.82. The lowest BCUT2D eigenvalue weighted by Gasteiger charge is -2.13. The maximum atomic E-state index is 12.8. The second-order valence-corrected chi connectivity index (χ2v) is 4.09. The Morgan fingerprint density at radius 3 is 2.71 bits per heavy atom. The topological polar surface area (TPSA) is 88.2 Å². The first-order chi connectivity index (χ1) is 9.88. The molecule has 1 heterocycles. The molecular weight excluding hydrogens is 291 g/mol. The zero-order valence-electron chi connectivity index (χ0n) is 10.5. The number of nitrogens with one attached hydrogen (secondary N) is 1. The molecule has 0 saturated heterocycles. The van der Waals surface area contributed by atoms with E-state index in [1.807, 2.05) is 0 Å². The average Bonchev–Trinajstić information content (AvgIpc) is 2.90. The zero-order valence-corrected chi connectivity index (χ0v) is 10.5. The Hall–Kier alpha value is -2.58. The fourth-order valence-electron chi connectivity index (χ4n) is 1.70. The van der Waals surface area contributed by atoms with Crippen LogP contribution < -0.4 is 5.32 Å². The van der Waals surface area contributed by atoms with E-state index >= 15 is 0 Å². The summed E-state index contributed by atoms with van der Waals surface area (Å²) in [6.45, 7) is 0.281. The molecular formula is C12H10F3N3O3. The molecule has 1 aromatic heterocycles. The van der Waals surface area contributed by atoms with E-state index in [4.69, 9.17) is 5.11 Å². The number of halogens is 3. The maximum absolute atomic E-state index is 12.8. The van der Waals surface area contributed by atoms with Crippen LogP contribution in [0, 0.1) is 0 Å². The van der Waals surface area contributed by atoms with Crippen LogP contribution in [0.2, 0.25) is 0 Å². The molecule has 0 spiro atoms. The Balaban J connectivity index is 2.12. The van der Waals surface area contributed by atoms with Gasteiger partial charge in [0.15, 0.2) is 5.82 Å². The summed E-state index contributed by atoms with van der Waals surface area (Å²) in [6.07, 6.45) is -3.23. The van der Waals surface area contributed by atoms with Crippen molar-refractivity contribution in [1.29, 1.82) is 0 Å². The SMILES string of the molecule is O=C(O)c1ccc(NCCc2ncon2)cc1C(F)(F)F. The van der Waals surface area contributed by atoms with Gasteiger partial charge in [-0.3, -0.25) is 0 Å². The highest BCUT2D eigenvalue weighted by molar-refractivity contribution is 5.90. The van der Waals surface area contributed by atoms with Crippen LogP contribution >= 0.6 is 0 Å². The van der Waals surface area contributed by atoms with Gasteiger partial charge < -0.3 is 14.9 Å². The van der Waals surface area contributed by atoms with E-state index in [2.05, 4.69) is 20.0 Å². The summed E-state index contributed by atoms with van der Waals surface area (Å²) in [5, 5.41) is 15.1. The summed E-state index contributed by atoms with van der Waals surface area (Å²) in [6, 6.07) is 2.95. The lowest BCUT2D eigenvalue weighted by molar-refractivity contribution is -0.138. The molecule has 0 aliphatic heterocycles. The number of nitrogens with zero attached hydrogens (tertiary/aromatic N) is 2. The molecule has 0 saturated carbocycles. The molecule has 1 aromatic carbocycles. The third-order valence-corrected chi connectivity index (χ3v) is 2.64. The van der Waals surface area contributed by atoms with E-state index in [0.717, 1.165) is 18.5 Å². The molecule has 0 atom stereocenters. The van der Waals surface area contributed by atoms with Gasteiger partial charge in [0.1, 0.15) is 0 Å². The third kappa shape index (κ3) is 3.71. The number of hydrogen-bond donors (Lipinski definition) is 2. The number of aromatic carboxylic acids is 1. The van der Waals surface area contributed by atoms with E-state index in [-0.39, 0.29) is 12.2 Å². The average molecular weight is 301 g/mol. The first kappa shape index (κ1) is 14.8. The smallest absolute Gasteiger partial charge is 0.417 e. The van der Waals surface area contributed by atoms with Crippen molar-refractivity contribution in [3.63, 3.8) is 0 Å². The van der Waals surface area contributed by atoms with Gasteiger partial charge in [0.05, 0.1) is 11.1 Å². The van der Waals surface area contributed by atoms with E-state index in [1.165, 1.54) is 6.07 Å². The van der Waals surface area contributed by atoms with Gasteiger partial charge in [0.2, 0.25) is 6.39 Å². The van der Waals surface area contributed by atoms with Crippen LogP contribution in [0.3, 0.4) is 0 Å². The summed E-state index contributed by atoms with van der Waals surface area (Å²) >= 11 is 0. The second kappa shape index (κ2) is 5.81. The standard InChI is InChI=1S/C12H10F3N3O3/c13-12(14,15)9-5-7(1-2-8(9)11(19)20)16-4-3-10-17-6-21-18-10/h1-2,5-6,16H,3-4H2,(H,19,20). The van der Waals surface area contributed by atoms with Crippen molar-refractivity contribution < 1.29 is 27.6 Å². The monoisotopic (exact) mass is 301 g/mol. The molecule has 0 fully saturated rings. The predicted molar refractivity (Wildman–Crippen MR) is 64.9 cm³/mol. The number of anilines is 1. The van der Waals surface area contributed by atoms with E-state index in [9.17, 15) is 18.0 Å². The fraction of sp³-hybridized carbons (Fsp3) is 0.250. The van der Waals surface area contributed by atoms with E-state index < -0.39 is 23.3 Å². The van der Waals surface area contributed by atoms with Crippen molar-refractivity contribution in [2.24, 2.45) is 0 Å². The van der Waals surface area contributed by atoms with Gasteiger partial charge in [-0.05, 0) is 18.2 Å². The third-order valence-electron chi connectivity index (χ3n) is 2.64. The number of carbonyl (C=O) groups is 1. The normalized spacial score (nSPS) is 11.4. The summed E-state index contributed by atoms with van der Waals surface area (Å²) < 4.78 is 43.0. The Kier molecular flexibility index (Phi) is 4.10. The van der Waals surface area contributed by atoms with Gasteiger partial charge in [-0.1, -0.05) is 5.16 Å². The molecule has 21 heavy (non-hydrogen) atoms. The number of hydrogen-bond acceptors (Lipinski definition) is 5. The lowest BCUT2D eigenvalue weighted by atomic mass is 10.1. The minimum atomic E-state index is -4.74. The molecule has 2 N–H and O–H groups in total. The van der Waals surface area contributed by atoms with Crippen LogP contribution in [0.15, 0.2) is 29.1 Å². The minimum Gasteiger partial charge on any atom is -0.478 e. The molecule has 2 rings (SSSR count). The summed E-state index contributed by atoms with van der Waals surface area (Å²) in [5.74, 6) is -1.21. The largest absolute Gasteiger partial charge is 0.478 e. The molecule has 0 aliphatic carbocycles. The number of alkyl halides is 3. The summed E-state index contributed by atoms with van der Waals surface area (Å²) in [7, 11) is 0. The van der Waals surface area contributed by atoms with Gasteiger partial charge in [-0.2, -0.15) is 18.2 Å². The number of aromatic nitrogens is 2. The van der Waals surface area contributed by atoms with E-state index in [1.54, 1.807) is 0 Å². The Morgan fingerprint density at radius 1 is 1.38 bits per heavy atom. The molecule has 112 valence electrons. The van der Waals surface area contributed by atoms with Crippen LogP contribution in [-0.2, 0) is 12.6 Å². The second-order valence-electron chi connectivity index (χ2n) is 4.09. The van der Waals surface area contributed by atoms with Gasteiger partial charge in [-0.15, -0.1) is 0 Å². The minimum absolute atomic E-state index is 0.163. The van der Waals surface area contributed by atoms with Crippen molar-refractivity contribution in [2.75, 3.05) is 11.9 Å². The van der Waals surface area contributed by atoms with Gasteiger partial charge in [-0.25, -0.2) is 4.79 Å². The van der Waals surface area contributed by atoms with E-state index in [0.29, 0.717) is 12.2 Å². The number of benzene rings is 1. The van der Waals surface area contributed by atoms with Crippen LogP contribution in [0.1, 0.15) is 21.7 Å². The molecule has 0 bridgehead atoms. The first-order valence-electron chi connectivity index (χ1n) is 5.81. The quantitative estimate of drug-likeness (QED) is 0.882. The molecule has 2 aromatic rings. The van der Waals surface area contributed by atoms with Crippen LogP contribution in [0.25, 0.3) is 0 Å². The molecule has 6 nitrogen and oxygen atoms in total. The molecule has 0 aliphatic rings. The predicted octanol–water partition coefficient (Wildman–Crippen LogP) is 2.44. The maximum Gasteiger partial charge on any atom is 0.417 e. The van der Waals surface area contributed by atoms with Crippen molar-refractivity contribution >= 4 is 11.7 Å². The number of carboxylic acids is 1. The highest BCUT2D eigenvalue weighted by Crippen LogP contribution is 2.33. The van der Waals surface area contributed by atoms with Crippen LogP contribution in [0.5, 0.6) is 0 Å². The fourth-order valence-corrected chi connectivity index (χ4v) is 1.70. The lowest BCUT2D eigenvalue weighted by Crippen LogP contribution is -2.14. The van der Waals surface area contributed by atoms with Crippen LogP contribution in [-0.4, -0.2) is 27.8 Å². The Bertz CT molecular complexity index is 626. The van der Waals surface area contributed by atoms with Gasteiger partial charge in [0.25, 0.3) is 0 Å². The van der Waals surface area contributed by atoms with Gasteiger partial charge >= 0.3 is 12.1 Å². The molecule has 9 heteroatoms. The van der Waals surface area contributed by atoms with Gasteiger partial charge in [0, 0.05) is 18.7 Å². The van der Waals surface area contributed by atoms with Crippen molar-refractivity contribution in [3.8, 4) is 0 Å². The Morgan fingerprint density at radius 2 is 2.14 bits per heavy atom. The van der Waals surface area contributed by atoms with Crippen molar-refractivity contribution in [2.45, 2.75) is 12.6 Å². The highest BCUT2D eigenvalue weighted by atomic mass is 19.4. The molecule has 0 amide bonds. The number of carboxylic acid groups (broad SMARTS) is 1. The highest BCUT2D eigenvalue weighted by Gasteiger charge is 2.35.